The summed E-state index contributed by atoms with van der Waals surface area (Å²) in [6.07, 6.45) is 85.3. The third-order valence-electron chi connectivity index (χ3n) is 18.4. The number of aliphatic hydroxyl groups is 1. The summed E-state index contributed by atoms with van der Waals surface area (Å²) in [5, 5.41) is 14.2. The van der Waals surface area contributed by atoms with Crippen molar-refractivity contribution in [3.05, 3.63) is 0 Å². The summed E-state index contributed by atoms with van der Waals surface area (Å²) in [4.78, 5) is 23.5. The largest absolute Gasteiger partial charge is 0.472 e. The van der Waals surface area contributed by atoms with Crippen molar-refractivity contribution >= 4 is 13.7 Å². The van der Waals surface area contributed by atoms with Crippen molar-refractivity contribution in [1.29, 1.82) is 0 Å². The number of phosphoric ester groups is 1. The van der Waals surface area contributed by atoms with Crippen LogP contribution < -0.4 is 5.32 Å². The molecule has 3 unspecified atom stereocenters. The van der Waals surface area contributed by atoms with Crippen molar-refractivity contribution in [2.45, 2.75) is 437 Å². The Balaban J connectivity index is 3.92. The molecule has 84 heavy (non-hydrogen) atoms. The number of rotatable bonds is 73. The molecule has 0 saturated heterocycles. The zero-order valence-electron chi connectivity index (χ0n) is 58.0. The van der Waals surface area contributed by atoms with Crippen molar-refractivity contribution in [2.24, 2.45) is 0 Å². The van der Waals surface area contributed by atoms with Gasteiger partial charge in [-0.15, -0.1) is 0 Å². The molecule has 0 bridgehead atoms. The smallest absolute Gasteiger partial charge is 0.391 e. The Kier molecular flexibility index (Phi) is 66.5. The summed E-state index contributed by atoms with van der Waals surface area (Å²) in [5.41, 5.74) is 0. The number of hydrogen-bond donors (Lipinski definition) is 3. The zero-order chi connectivity index (χ0) is 61.2. The van der Waals surface area contributed by atoms with E-state index < -0.39 is 20.0 Å². The van der Waals surface area contributed by atoms with Crippen LogP contribution in [0, 0.1) is 0 Å². The summed E-state index contributed by atoms with van der Waals surface area (Å²) in [6.45, 7) is 4.98. The molecule has 0 aliphatic rings. The minimum Gasteiger partial charge on any atom is -0.391 e. The van der Waals surface area contributed by atoms with Crippen LogP contribution in [0.4, 0.5) is 0 Å². The van der Waals surface area contributed by atoms with Crippen LogP contribution in [0.1, 0.15) is 425 Å². The number of nitrogens with zero attached hydrogens (tertiary/aromatic N) is 1. The van der Waals surface area contributed by atoms with E-state index in [9.17, 15) is 19.4 Å². The van der Waals surface area contributed by atoms with E-state index in [-0.39, 0.29) is 19.1 Å². The van der Waals surface area contributed by atoms with Crippen LogP contribution in [-0.2, 0) is 18.4 Å². The molecular formula is C75H154N2O6P+. The summed E-state index contributed by atoms with van der Waals surface area (Å²) in [5.74, 6) is -0.132. The second-order valence-corrected chi connectivity index (χ2v) is 29.6. The Bertz CT molecular complexity index is 1330. The number of aliphatic hydroxyl groups excluding tert-OH is 1. The Hall–Kier alpha value is -0.500. The van der Waals surface area contributed by atoms with Crippen LogP contribution in [0.25, 0.3) is 0 Å². The lowest BCUT2D eigenvalue weighted by molar-refractivity contribution is -0.870. The van der Waals surface area contributed by atoms with E-state index in [0.717, 1.165) is 38.5 Å². The summed E-state index contributed by atoms with van der Waals surface area (Å²) in [6, 6.07) is -0.757. The van der Waals surface area contributed by atoms with Crippen LogP contribution in [0.5, 0.6) is 0 Å². The van der Waals surface area contributed by atoms with E-state index in [4.69, 9.17) is 9.05 Å². The molecule has 0 heterocycles. The van der Waals surface area contributed by atoms with Crippen molar-refractivity contribution < 1.29 is 32.9 Å². The van der Waals surface area contributed by atoms with E-state index in [1.165, 1.54) is 360 Å². The first-order valence-electron chi connectivity index (χ1n) is 38.4. The van der Waals surface area contributed by atoms with Gasteiger partial charge in [0.15, 0.2) is 0 Å². The van der Waals surface area contributed by atoms with Gasteiger partial charge in [-0.05, 0) is 12.8 Å². The predicted molar refractivity (Wildman–Crippen MR) is 369 cm³/mol. The standard InChI is InChI=1S/C75H153N2O6P/c1-6-8-10-12-14-16-18-20-22-24-26-28-30-32-34-36-38-39-41-43-45-47-49-51-53-55-57-59-61-63-65-67-69-75(79)76-73(72-83-84(80,81)82-71-70-77(3,4)5)74(78)68-66-64-62-60-58-56-54-52-50-48-46-44-42-40-37-35-33-31-29-27-25-23-21-19-17-15-13-11-9-7-2/h73-74,78H,6-72H2,1-5H3,(H-,76,79,80,81)/p+1. The number of phosphoric acid groups is 1. The summed E-state index contributed by atoms with van der Waals surface area (Å²) < 4.78 is 23.9. The number of nitrogens with one attached hydrogen (secondary N) is 1. The number of quaternary nitrogens is 1. The lowest BCUT2D eigenvalue weighted by atomic mass is 10.0. The van der Waals surface area contributed by atoms with Crippen molar-refractivity contribution in [3.63, 3.8) is 0 Å². The highest BCUT2D eigenvalue weighted by Crippen LogP contribution is 2.43. The maximum absolute atomic E-state index is 13.1. The number of unbranched alkanes of at least 4 members (excludes halogenated alkanes) is 60. The molecule has 0 aromatic carbocycles. The number of likely N-dealkylation sites (N-methyl/N-ethyl adjacent to an activating group) is 1. The van der Waals surface area contributed by atoms with E-state index >= 15 is 0 Å². The molecule has 0 aliphatic carbocycles. The SMILES string of the molecule is CCCCCCCCCCCCCCCCCCCCCCCCCCCCCCCCCCC(=O)NC(COP(=O)(O)OCC[N+](C)(C)C)C(O)CCCCCCCCCCCCCCCCCCCCCCCCCCCCCCCC. The van der Waals surface area contributed by atoms with Gasteiger partial charge in [-0.25, -0.2) is 4.57 Å². The fraction of sp³-hybridized carbons (Fsp3) is 0.987. The number of hydrogen-bond acceptors (Lipinski definition) is 5. The first-order chi connectivity index (χ1) is 41.0. The second-order valence-electron chi connectivity index (χ2n) is 28.1. The average Bonchev–Trinajstić information content (AvgIpc) is 3.56. The van der Waals surface area contributed by atoms with Gasteiger partial charge in [0.1, 0.15) is 13.2 Å². The Morgan fingerprint density at radius 3 is 0.798 bits per heavy atom. The molecule has 0 fully saturated rings. The van der Waals surface area contributed by atoms with Gasteiger partial charge in [0.2, 0.25) is 5.91 Å². The molecule has 0 aromatic rings. The van der Waals surface area contributed by atoms with Crippen LogP contribution in [-0.4, -0.2) is 73.4 Å². The topological polar surface area (TPSA) is 105 Å². The van der Waals surface area contributed by atoms with Gasteiger partial charge in [0, 0.05) is 6.42 Å². The number of amides is 1. The highest BCUT2D eigenvalue weighted by Gasteiger charge is 2.28. The number of carbonyl (C=O) groups excluding carboxylic acids is 1. The highest BCUT2D eigenvalue weighted by atomic mass is 31.2. The van der Waals surface area contributed by atoms with Gasteiger partial charge < -0.3 is 19.8 Å². The first kappa shape index (κ1) is 83.5. The predicted octanol–water partition coefficient (Wildman–Crippen LogP) is 24.7. The van der Waals surface area contributed by atoms with Gasteiger partial charge in [-0.2, -0.15) is 0 Å². The Morgan fingerprint density at radius 1 is 0.357 bits per heavy atom. The van der Waals surface area contributed by atoms with Gasteiger partial charge in [-0.1, -0.05) is 406 Å². The molecule has 3 N–H and O–H groups in total. The Morgan fingerprint density at radius 2 is 0.571 bits per heavy atom. The molecule has 1 amide bonds. The molecule has 0 radical (unpaired) electrons. The molecule has 0 aromatic heterocycles. The molecule has 504 valence electrons. The van der Waals surface area contributed by atoms with Gasteiger partial charge in [-0.3, -0.25) is 13.8 Å². The summed E-state index contributed by atoms with van der Waals surface area (Å²) >= 11 is 0. The third kappa shape index (κ3) is 69.0. The molecule has 0 spiro atoms. The Labute approximate surface area is 527 Å². The average molecular weight is 1210 g/mol. The first-order valence-corrected chi connectivity index (χ1v) is 39.9. The monoisotopic (exact) mass is 1210 g/mol. The molecule has 0 saturated carbocycles. The van der Waals surface area contributed by atoms with Gasteiger partial charge in [0.05, 0.1) is 39.9 Å². The van der Waals surface area contributed by atoms with E-state index in [2.05, 4.69) is 19.2 Å². The minimum absolute atomic E-state index is 0.0796. The maximum atomic E-state index is 13.1. The van der Waals surface area contributed by atoms with E-state index in [0.29, 0.717) is 23.9 Å². The van der Waals surface area contributed by atoms with Gasteiger partial charge >= 0.3 is 7.82 Å². The van der Waals surface area contributed by atoms with Crippen molar-refractivity contribution in [1.82, 2.24) is 5.32 Å². The van der Waals surface area contributed by atoms with Crippen LogP contribution in [0.2, 0.25) is 0 Å². The maximum Gasteiger partial charge on any atom is 0.472 e. The van der Waals surface area contributed by atoms with E-state index in [1.807, 2.05) is 21.1 Å². The molecule has 0 rings (SSSR count). The fourth-order valence-corrected chi connectivity index (χ4v) is 13.1. The minimum atomic E-state index is -4.33. The van der Waals surface area contributed by atoms with Gasteiger partial charge in [0.25, 0.3) is 0 Å². The lowest BCUT2D eigenvalue weighted by Gasteiger charge is -2.26. The van der Waals surface area contributed by atoms with Crippen LogP contribution >= 0.6 is 7.82 Å². The normalized spacial score (nSPS) is 13.5. The molecule has 8 nitrogen and oxygen atoms in total. The quantitative estimate of drug-likeness (QED) is 0.0318. The number of carbonyl (C=O) groups is 1. The molecule has 3 atom stereocenters. The van der Waals surface area contributed by atoms with Crippen molar-refractivity contribution in [3.8, 4) is 0 Å². The molecule has 9 heteroatoms. The van der Waals surface area contributed by atoms with Crippen molar-refractivity contribution in [2.75, 3.05) is 40.9 Å². The van der Waals surface area contributed by atoms with Crippen LogP contribution in [0.3, 0.4) is 0 Å². The third-order valence-corrected chi connectivity index (χ3v) is 19.3. The van der Waals surface area contributed by atoms with E-state index in [1.54, 1.807) is 0 Å². The highest BCUT2D eigenvalue weighted by molar-refractivity contribution is 7.47. The second kappa shape index (κ2) is 66.9. The van der Waals surface area contributed by atoms with Crippen LogP contribution in [0.15, 0.2) is 0 Å². The summed E-state index contributed by atoms with van der Waals surface area (Å²) in [7, 11) is 1.65. The lowest BCUT2D eigenvalue weighted by Crippen LogP contribution is -2.46. The molecule has 0 aliphatic heterocycles. The molecular weight excluding hydrogens is 1060 g/mol. The fourth-order valence-electron chi connectivity index (χ4n) is 12.4. The zero-order valence-corrected chi connectivity index (χ0v) is 58.8.